The Hall–Kier alpha value is -2.28. The van der Waals surface area contributed by atoms with E-state index in [2.05, 4.69) is 15.3 Å². The van der Waals surface area contributed by atoms with Gasteiger partial charge in [-0.15, -0.1) is 12.4 Å². The third kappa shape index (κ3) is 5.63. The maximum Gasteiger partial charge on any atom is 0.147 e. The van der Waals surface area contributed by atoms with Crippen LogP contribution in [0, 0.1) is 0 Å². The van der Waals surface area contributed by atoms with Gasteiger partial charge < -0.3 is 24.9 Å². The summed E-state index contributed by atoms with van der Waals surface area (Å²) in [4.78, 5) is 7.25. The molecule has 6 nitrogen and oxygen atoms in total. The third-order valence-electron chi connectivity index (χ3n) is 3.51. The molecule has 3 aromatic rings. The van der Waals surface area contributed by atoms with Crippen LogP contribution in [-0.2, 0) is 0 Å². The summed E-state index contributed by atoms with van der Waals surface area (Å²) in [6.07, 6.45) is 1.03. The van der Waals surface area contributed by atoms with Crippen molar-refractivity contribution in [2.45, 2.75) is 6.10 Å². The number of rotatable bonds is 9. The zero-order chi connectivity index (χ0) is 16.6. The number of hydrogen-bond acceptors (Lipinski definition) is 5. The van der Waals surface area contributed by atoms with Gasteiger partial charge in [0, 0.05) is 13.1 Å². The Balaban J connectivity index is 0.00000225. The lowest BCUT2D eigenvalue weighted by Crippen LogP contribution is -2.33. The van der Waals surface area contributed by atoms with Crippen molar-refractivity contribution in [2.75, 3.05) is 26.3 Å². The van der Waals surface area contributed by atoms with Crippen LogP contribution in [0.2, 0.25) is 0 Å². The summed E-state index contributed by atoms with van der Waals surface area (Å²) in [6, 6.07) is 15.3. The molecule has 0 saturated carbocycles. The molecule has 25 heavy (non-hydrogen) atoms. The number of nitrogens with one attached hydrogen (secondary N) is 2. The molecule has 0 bridgehead atoms. The van der Waals surface area contributed by atoms with Gasteiger partial charge in [-0.05, 0) is 24.3 Å². The lowest BCUT2D eigenvalue weighted by Gasteiger charge is -2.14. The Kier molecular flexibility index (Phi) is 7.53. The molecule has 0 radical (unpaired) electrons. The Morgan fingerprint density at radius 2 is 1.92 bits per heavy atom. The fraction of sp³-hybridized carbons (Fsp3) is 0.278. The van der Waals surface area contributed by atoms with Crippen LogP contribution in [0.5, 0.6) is 11.5 Å². The fourth-order valence-electron chi connectivity index (χ4n) is 2.33. The molecule has 3 rings (SSSR count). The van der Waals surface area contributed by atoms with Crippen molar-refractivity contribution in [2.24, 2.45) is 0 Å². The minimum Gasteiger partial charge on any atom is -0.492 e. The molecule has 7 heteroatoms. The average Bonchev–Trinajstić information content (AvgIpc) is 3.10. The lowest BCUT2D eigenvalue weighted by atomic mass is 10.3. The van der Waals surface area contributed by atoms with Crippen LogP contribution in [-0.4, -0.2) is 47.5 Å². The predicted octanol–water partition coefficient (Wildman–Crippen LogP) is 2.39. The van der Waals surface area contributed by atoms with E-state index in [4.69, 9.17) is 9.47 Å². The first kappa shape index (κ1) is 19.1. The molecule has 3 N–H and O–H groups in total. The normalized spacial score (nSPS) is 11.7. The van der Waals surface area contributed by atoms with Crippen molar-refractivity contribution in [3.05, 3.63) is 54.9 Å². The van der Waals surface area contributed by atoms with Crippen LogP contribution in [0.25, 0.3) is 11.0 Å². The van der Waals surface area contributed by atoms with E-state index in [9.17, 15) is 5.11 Å². The average molecular weight is 364 g/mol. The maximum absolute atomic E-state index is 9.99. The zero-order valence-electron chi connectivity index (χ0n) is 13.7. The standard InChI is InChI=1S/C18H21N3O3.ClH/c22-14(11-19-9-10-23-15-5-2-1-3-6-15)12-24-17-8-4-7-16-18(17)21-13-20-16;/h1-8,13-14,19,22H,9-12H2,(H,20,21);1H. The maximum atomic E-state index is 9.99. The number of H-pyrrole nitrogens is 1. The van der Waals surface area contributed by atoms with Gasteiger partial charge >= 0.3 is 0 Å². The third-order valence-corrected chi connectivity index (χ3v) is 3.51. The molecule has 0 saturated heterocycles. The Bertz CT molecular complexity index is 751. The number of aromatic amines is 1. The van der Waals surface area contributed by atoms with E-state index in [1.54, 1.807) is 6.33 Å². The number of aliphatic hydroxyl groups is 1. The van der Waals surface area contributed by atoms with Crippen molar-refractivity contribution >= 4 is 23.4 Å². The smallest absolute Gasteiger partial charge is 0.147 e. The number of ether oxygens (including phenoxy) is 2. The topological polar surface area (TPSA) is 79.4 Å². The minimum absolute atomic E-state index is 0. The number of aliphatic hydroxyl groups excluding tert-OH is 1. The molecular weight excluding hydrogens is 342 g/mol. The highest BCUT2D eigenvalue weighted by atomic mass is 35.5. The summed E-state index contributed by atoms with van der Waals surface area (Å²) in [6.45, 7) is 1.85. The summed E-state index contributed by atoms with van der Waals surface area (Å²) in [5, 5.41) is 13.1. The first-order chi connectivity index (χ1) is 11.8. The summed E-state index contributed by atoms with van der Waals surface area (Å²) in [5.74, 6) is 1.51. The monoisotopic (exact) mass is 363 g/mol. The second-order valence-electron chi connectivity index (χ2n) is 5.39. The largest absolute Gasteiger partial charge is 0.492 e. The Morgan fingerprint density at radius 3 is 2.76 bits per heavy atom. The highest BCUT2D eigenvalue weighted by molar-refractivity contribution is 5.85. The molecule has 134 valence electrons. The van der Waals surface area contributed by atoms with E-state index >= 15 is 0 Å². The van der Waals surface area contributed by atoms with Gasteiger partial charge in [0.05, 0.1) is 11.8 Å². The minimum atomic E-state index is -0.601. The Morgan fingerprint density at radius 1 is 1.08 bits per heavy atom. The van der Waals surface area contributed by atoms with Crippen LogP contribution in [0.4, 0.5) is 0 Å². The van der Waals surface area contributed by atoms with Crippen LogP contribution in [0.1, 0.15) is 0 Å². The molecule has 0 amide bonds. The van der Waals surface area contributed by atoms with E-state index < -0.39 is 6.10 Å². The number of benzene rings is 2. The van der Waals surface area contributed by atoms with E-state index in [1.807, 2.05) is 48.5 Å². The molecule has 0 spiro atoms. The van der Waals surface area contributed by atoms with Gasteiger partial charge in [-0.2, -0.15) is 0 Å². The first-order valence-corrected chi connectivity index (χ1v) is 7.94. The number of halogens is 1. The van der Waals surface area contributed by atoms with Crippen molar-refractivity contribution in [1.29, 1.82) is 0 Å². The lowest BCUT2D eigenvalue weighted by molar-refractivity contribution is 0.106. The van der Waals surface area contributed by atoms with E-state index in [1.165, 1.54) is 0 Å². The zero-order valence-corrected chi connectivity index (χ0v) is 14.5. The number of para-hydroxylation sites is 2. The molecule has 2 aromatic carbocycles. The number of aromatic nitrogens is 2. The molecular formula is C18H22ClN3O3. The number of fused-ring (bicyclic) bond motifs is 1. The van der Waals surface area contributed by atoms with E-state index in [-0.39, 0.29) is 19.0 Å². The molecule has 1 unspecified atom stereocenters. The molecule has 0 aliphatic rings. The van der Waals surface area contributed by atoms with Crippen LogP contribution >= 0.6 is 12.4 Å². The van der Waals surface area contributed by atoms with Gasteiger partial charge in [0.2, 0.25) is 0 Å². The highest BCUT2D eigenvalue weighted by Gasteiger charge is 2.08. The quantitative estimate of drug-likeness (QED) is 0.509. The van der Waals surface area contributed by atoms with Crippen molar-refractivity contribution in [3.63, 3.8) is 0 Å². The molecule has 1 aromatic heterocycles. The summed E-state index contributed by atoms with van der Waals surface area (Å²) >= 11 is 0. The number of nitrogens with zero attached hydrogens (tertiary/aromatic N) is 1. The van der Waals surface area contributed by atoms with Gasteiger partial charge in [0.25, 0.3) is 0 Å². The van der Waals surface area contributed by atoms with E-state index in [0.29, 0.717) is 25.4 Å². The van der Waals surface area contributed by atoms with Gasteiger partial charge in [0.15, 0.2) is 0 Å². The van der Waals surface area contributed by atoms with Gasteiger partial charge in [-0.25, -0.2) is 4.98 Å². The molecule has 1 heterocycles. The predicted molar refractivity (Wildman–Crippen MR) is 99.7 cm³/mol. The van der Waals surface area contributed by atoms with Crippen molar-refractivity contribution < 1.29 is 14.6 Å². The Labute approximate surface area is 152 Å². The highest BCUT2D eigenvalue weighted by Crippen LogP contribution is 2.21. The van der Waals surface area contributed by atoms with E-state index in [0.717, 1.165) is 16.8 Å². The van der Waals surface area contributed by atoms with Crippen LogP contribution < -0.4 is 14.8 Å². The van der Waals surface area contributed by atoms with Crippen molar-refractivity contribution in [3.8, 4) is 11.5 Å². The number of imidazole rings is 1. The summed E-state index contributed by atoms with van der Waals surface area (Å²) in [5.41, 5.74) is 1.69. The first-order valence-electron chi connectivity index (χ1n) is 7.94. The molecule has 0 fully saturated rings. The van der Waals surface area contributed by atoms with Crippen LogP contribution in [0.15, 0.2) is 54.9 Å². The second kappa shape index (κ2) is 9.88. The molecule has 1 atom stereocenters. The molecule has 0 aliphatic heterocycles. The SMILES string of the molecule is Cl.OC(CNCCOc1ccccc1)COc1cccc2[nH]cnc12. The van der Waals surface area contributed by atoms with Crippen molar-refractivity contribution in [1.82, 2.24) is 15.3 Å². The van der Waals surface area contributed by atoms with Gasteiger partial charge in [0.1, 0.15) is 36.3 Å². The fourth-order valence-corrected chi connectivity index (χ4v) is 2.33. The number of hydrogen-bond donors (Lipinski definition) is 3. The summed E-state index contributed by atoms with van der Waals surface area (Å²) < 4.78 is 11.2. The molecule has 0 aliphatic carbocycles. The van der Waals surface area contributed by atoms with Gasteiger partial charge in [-0.1, -0.05) is 24.3 Å². The second-order valence-corrected chi connectivity index (χ2v) is 5.39. The van der Waals surface area contributed by atoms with Gasteiger partial charge in [-0.3, -0.25) is 0 Å². The summed E-state index contributed by atoms with van der Waals surface area (Å²) in [7, 11) is 0. The van der Waals surface area contributed by atoms with Crippen LogP contribution in [0.3, 0.4) is 0 Å².